The summed E-state index contributed by atoms with van der Waals surface area (Å²) in [5.74, 6) is -0.582. The monoisotopic (exact) mass is 291 g/mol. The van der Waals surface area contributed by atoms with Crippen molar-refractivity contribution in [2.45, 2.75) is 26.2 Å². The van der Waals surface area contributed by atoms with Gasteiger partial charge in [0.05, 0.1) is 5.92 Å². The molecule has 0 aliphatic heterocycles. The molecule has 2 rings (SSSR count). The number of carbonyl (C=O) groups is 2. The minimum Gasteiger partial charge on any atom is -0.484 e. The van der Waals surface area contributed by atoms with Crippen LogP contribution in [0.1, 0.15) is 24.8 Å². The molecule has 2 atom stereocenters. The molecule has 2 unspecified atom stereocenters. The lowest BCUT2D eigenvalue weighted by Crippen LogP contribution is -2.35. The quantitative estimate of drug-likeness (QED) is 0.840. The van der Waals surface area contributed by atoms with E-state index in [4.69, 9.17) is 9.84 Å². The van der Waals surface area contributed by atoms with Crippen molar-refractivity contribution in [3.8, 4) is 5.75 Å². The molecule has 1 aromatic carbocycles. The van der Waals surface area contributed by atoms with E-state index in [0.717, 1.165) is 18.4 Å². The molecule has 114 valence electrons. The van der Waals surface area contributed by atoms with Crippen molar-refractivity contribution in [2.75, 3.05) is 13.2 Å². The number of amides is 1. The highest BCUT2D eigenvalue weighted by atomic mass is 16.5. The molecule has 0 spiro atoms. The van der Waals surface area contributed by atoms with Gasteiger partial charge in [-0.15, -0.1) is 0 Å². The first-order chi connectivity index (χ1) is 10.1. The minimum atomic E-state index is -0.761. The molecular weight excluding hydrogens is 270 g/mol. The lowest BCUT2D eigenvalue weighted by molar-refractivity contribution is -0.143. The fourth-order valence-electron chi connectivity index (χ4n) is 2.76. The van der Waals surface area contributed by atoms with Crippen LogP contribution in [0, 0.1) is 18.8 Å². The van der Waals surface area contributed by atoms with Crippen LogP contribution in [0.3, 0.4) is 0 Å². The number of hydrogen-bond donors (Lipinski definition) is 2. The molecular formula is C16H21NO4. The van der Waals surface area contributed by atoms with E-state index in [0.29, 0.717) is 18.7 Å². The van der Waals surface area contributed by atoms with Crippen molar-refractivity contribution in [2.24, 2.45) is 11.8 Å². The number of rotatable bonds is 6. The van der Waals surface area contributed by atoms with Crippen molar-refractivity contribution >= 4 is 11.9 Å². The molecule has 21 heavy (non-hydrogen) atoms. The number of para-hydroxylation sites is 1. The van der Waals surface area contributed by atoms with Gasteiger partial charge in [0, 0.05) is 6.54 Å². The number of aliphatic carboxylic acids is 1. The summed E-state index contributed by atoms with van der Waals surface area (Å²) >= 11 is 0. The van der Waals surface area contributed by atoms with E-state index < -0.39 is 5.97 Å². The van der Waals surface area contributed by atoms with Crippen LogP contribution in [0.15, 0.2) is 24.3 Å². The van der Waals surface area contributed by atoms with Crippen molar-refractivity contribution < 1.29 is 19.4 Å². The van der Waals surface area contributed by atoms with E-state index >= 15 is 0 Å². The molecule has 1 aliphatic rings. The zero-order chi connectivity index (χ0) is 15.2. The highest BCUT2D eigenvalue weighted by Gasteiger charge is 2.32. The molecule has 0 bridgehead atoms. The second kappa shape index (κ2) is 7.11. The fraction of sp³-hybridized carbons (Fsp3) is 0.500. The Kier molecular flexibility index (Phi) is 5.20. The van der Waals surface area contributed by atoms with Crippen LogP contribution in [-0.4, -0.2) is 30.1 Å². The fourth-order valence-corrected chi connectivity index (χ4v) is 2.76. The maximum absolute atomic E-state index is 11.8. The zero-order valence-corrected chi connectivity index (χ0v) is 12.2. The van der Waals surface area contributed by atoms with Crippen LogP contribution in [0.5, 0.6) is 5.75 Å². The Balaban J connectivity index is 1.75. The number of carbonyl (C=O) groups excluding carboxylic acids is 1. The van der Waals surface area contributed by atoms with E-state index in [1.165, 1.54) is 0 Å². The topological polar surface area (TPSA) is 75.6 Å². The van der Waals surface area contributed by atoms with Crippen molar-refractivity contribution in [3.63, 3.8) is 0 Å². The van der Waals surface area contributed by atoms with Gasteiger partial charge in [0.1, 0.15) is 5.75 Å². The van der Waals surface area contributed by atoms with Gasteiger partial charge in [-0.1, -0.05) is 24.6 Å². The van der Waals surface area contributed by atoms with Gasteiger partial charge < -0.3 is 15.2 Å². The first kappa shape index (κ1) is 15.4. The smallest absolute Gasteiger partial charge is 0.306 e. The number of benzene rings is 1. The van der Waals surface area contributed by atoms with Crippen molar-refractivity contribution in [1.29, 1.82) is 0 Å². The number of carboxylic acids is 1. The van der Waals surface area contributed by atoms with Crippen LogP contribution in [-0.2, 0) is 9.59 Å². The summed E-state index contributed by atoms with van der Waals surface area (Å²) in [5, 5.41) is 11.9. The summed E-state index contributed by atoms with van der Waals surface area (Å²) in [6.45, 7) is 2.28. The van der Waals surface area contributed by atoms with Crippen molar-refractivity contribution in [1.82, 2.24) is 5.32 Å². The third kappa shape index (κ3) is 4.21. The average molecular weight is 291 g/mol. The van der Waals surface area contributed by atoms with Gasteiger partial charge in [-0.3, -0.25) is 9.59 Å². The second-order valence-corrected chi connectivity index (χ2v) is 5.49. The molecule has 0 radical (unpaired) electrons. The minimum absolute atomic E-state index is 0.0323. The number of hydrogen-bond acceptors (Lipinski definition) is 3. The summed E-state index contributed by atoms with van der Waals surface area (Å²) < 4.78 is 5.46. The molecule has 1 saturated carbocycles. The Bertz CT molecular complexity index is 515. The number of nitrogens with one attached hydrogen (secondary N) is 1. The highest BCUT2D eigenvalue weighted by molar-refractivity contribution is 5.77. The predicted octanol–water partition coefficient (Wildman–Crippen LogP) is 1.99. The molecule has 5 heteroatoms. The largest absolute Gasteiger partial charge is 0.484 e. The summed E-state index contributed by atoms with van der Waals surface area (Å²) in [6, 6.07) is 7.51. The Hall–Kier alpha value is -2.04. The van der Waals surface area contributed by atoms with Gasteiger partial charge in [0.25, 0.3) is 5.91 Å². The normalized spacial score (nSPS) is 21.0. The van der Waals surface area contributed by atoms with E-state index in [1.807, 2.05) is 31.2 Å². The predicted molar refractivity (Wildman–Crippen MR) is 78.2 cm³/mol. The Morgan fingerprint density at radius 1 is 1.33 bits per heavy atom. The molecule has 0 heterocycles. The molecule has 1 aromatic rings. The maximum atomic E-state index is 11.8. The first-order valence-corrected chi connectivity index (χ1v) is 7.26. The third-order valence-electron chi connectivity index (χ3n) is 3.99. The first-order valence-electron chi connectivity index (χ1n) is 7.26. The number of aryl methyl sites for hydroxylation is 1. The standard InChI is InChI=1S/C16H21NO4/c1-11-5-2-3-8-14(11)21-10-15(18)17-9-12-6-4-7-13(12)16(19)20/h2-3,5,8,12-13H,4,6-7,9-10H2,1H3,(H,17,18)(H,19,20). The third-order valence-corrected chi connectivity index (χ3v) is 3.99. The van der Waals surface area contributed by atoms with Crippen molar-refractivity contribution in [3.05, 3.63) is 29.8 Å². The lowest BCUT2D eigenvalue weighted by atomic mass is 9.96. The molecule has 0 aromatic heterocycles. The van der Waals surface area contributed by atoms with Gasteiger partial charge in [0.15, 0.2) is 6.61 Å². The van der Waals surface area contributed by atoms with Crippen LogP contribution in [0.2, 0.25) is 0 Å². The van der Waals surface area contributed by atoms with Gasteiger partial charge >= 0.3 is 5.97 Å². The number of carboxylic acid groups (broad SMARTS) is 1. The molecule has 5 nitrogen and oxygen atoms in total. The van der Waals surface area contributed by atoms with Gasteiger partial charge in [-0.25, -0.2) is 0 Å². The molecule has 1 aliphatic carbocycles. The van der Waals surface area contributed by atoms with Gasteiger partial charge in [-0.05, 0) is 37.3 Å². The van der Waals surface area contributed by atoms with Gasteiger partial charge in [-0.2, -0.15) is 0 Å². The summed E-state index contributed by atoms with van der Waals surface area (Å²) in [5.41, 5.74) is 0.979. The molecule has 1 amide bonds. The number of ether oxygens (including phenoxy) is 1. The summed E-state index contributed by atoms with van der Waals surface area (Å²) in [7, 11) is 0. The van der Waals surface area contributed by atoms with Crippen LogP contribution in [0.25, 0.3) is 0 Å². The van der Waals surface area contributed by atoms with Crippen LogP contribution >= 0.6 is 0 Å². The zero-order valence-electron chi connectivity index (χ0n) is 12.2. The van der Waals surface area contributed by atoms with Crippen LogP contribution in [0.4, 0.5) is 0 Å². The average Bonchev–Trinajstić information content (AvgIpc) is 2.93. The van der Waals surface area contributed by atoms with E-state index in [9.17, 15) is 9.59 Å². The lowest BCUT2D eigenvalue weighted by Gasteiger charge is -2.16. The van der Waals surface area contributed by atoms with E-state index in [2.05, 4.69) is 5.32 Å². The SMILES string of the molecule is Cc1ccccc1OCC(=O)NCC1CCCC1C(=O)O. The van der Waals surface area contributed by atoms with E-state index in [-0.39, 0.29) is 24.3 Å². The Morgan fingerprint density at radius 2 is 2.10 bits per heavy atom. The van der Waals surface area contributed by atoms with E-state index in [1.54, 1.807) is 0 Å². The second-order valence-electron chi connectivity index (χ2n) is 5.49. The highest BCUT2D eigenvalue weighted by Crippen LogP contribution is 2.31. The summed E-state index contributed by atoms with van der Waals surface area (Å²) in [4.78, 5) is 22.8. The van der Waals surface area contributed by atoms with Gasteiger partial charge in [0.2, 0.25) is 0 Å². The molecule has 0 saturated heterocycles. The maximum Gasteiger partial charge on any atom is 0.306 e. The van der Waals surface area contributed by atoms with Crippen LogP contribution < -0.4 is 10.1 Å². The molecule has 1 fully saturated rings. The Morgan fingerprint density at radius 3 is 2.81 bits per heavy atom. The molecule has 2 N–H and O–H groups in total. The summed E-state index contributed by atoms with van der Waals surface area (Å²) in [6.07, 6.45) is 2.47. The Labute approximate surface area is 124 Å².